The summed E-state index contributed by atoms with van der Waals surface area (Å²) in [6.07, 6.45) is 2.69. The Morgan fingerprint density at radius 2 is 2.14 bits per heavy atom. The van der Waals surface area contributed by atoms with Gasteiger partial charge in [-0.3, -0.25) is 4.99 Å². The molecule has 0 unspecified atom stereocenters. The van der Waals surface area contributed by atoms with Gasteiger partial charge in [0.2, 0.25) is 0 Å². The van der Waals surface area contributed by atoms with Crippen LogP contribution in [0.15, 0.2) is 29.3 Å². The van der Waals surface area contributed by atoms with E-state index >= 15 is 0 Å². The fraction of sp³-hybridized carbons (Fsp3) is 0.588. The van der Waals surface area contributed by atoms with Crippen LogP contribution in [0.3, 0.4) is 0 Å². The number of rotatable bonds is 7. The maximum atomic E-state index is 5.68. The summed E-state index contributed by atoms with van der Waals surface area (Å²) in [5.41, 5.74) is 2.60. The molecule has 4 nitrogen and oxygen atoms in total. The van der Waals surface area contributed by atoms with Crippen molar-refractivity contribution in [1.29, 1.82) is 0 Å². The molecule has 1 aliphatic carbocycles. The van der Waals surface area contributed by atoms with Gasteiger partial charge in [-0.25, -0.2) is 0 Å². The number of hydrogen-bond donors (Lipinski definition) is 1. The quantitative estimate of drug-likeness (QED) is 0.476. The summed E-state index contributed by atoms with van der Waals surface area (Å²) in [6.45, 7) is 5.48. The minimum absolute atomic E-state index is 0.762. The van der Waals surface area contributed by atoms with Crippen molar-refractivity contribution in [3.8, 4) is 0 Å². The van der Waals surface area contributed by atoms with Gasteiger partial charge < -0.3 is 15.0 Å². The van der Waals surface area contributed by atoms with E-state index in [0.717, 1.165) is 38.2 Å². The van der Waals surface area contributed by atoms with Crippen LogP contribution in [-0.2, 0) is 11.3 Å². The minimum Gasteiger partial charge on any atom is -0.379 e. The zero-order chi connectivity index (χ0) is 15.1. The van der Waals surface area contributed by atoms with Gasteiger partial charge in [-0.2, -0.15) is 0 Å². The van der Waals surface area contributed by atoms with Crippen molar-refractivity contribution >= 4 is 5.96 Å². The van der Waals surface area contributed by atoms with E-state index < -0.39 is 0 Å². The third-order valence-corrected chi connectivity index (χ3v) is 3.89. The second-order valence-electron chi connectivity index (χ2n) is 5.77. The van der Waals surface area contributed by atoms with Gasteiger partial charge in [0, 0.05) is 33.8 Å². The number of likely N-dealkylation sites (N-methyl/N-ethyl adjacent to an activating group) is 1. The highest BCUT2D eigenvalue weighted by Gasteiger charge is 2.21. The van der Waals surface area contributed by atoms with Gasteiger partial charge in [0.15, 0.2) is 5.96 Å². The van der Waals surface area contributed by atoms with Crippen molar-refractivity contribution in [2.24, 2.45) is 10.9 Å². The van der Waals surface area contributed by atoms with E-state index in [1.54, 1.807) is 0 Å². The fourth-order valence-electron chi connectivity index (χ4n) is 2.21. The summed E-state index contributed by atoms with van der Waals surface area (Å²) >= 11 is 0. The molecule has 21 heavy (non-hydrogen) atoms. The van der Waals surface area contributed by atoms with E-state index in [4.69, 9.17) is 4.74 Å². The smallest absolute Gasteiger partial charge is 0.193 e. The Labute approximate surface area is 128 Å². The maximum absolute atomic E-state index is 5.68. The average Bonchev–Trinajstić information content (AvgIpc) is 3.30. The van der Waals surface area contributed by atoms with Crippen molar-refractivity contribution in [2.45, 2.75) is 26.3 Å². The van der Waals surface area contributed by atoms with E-state index in [1.165, 1.54) is 24.0 Å². The molecule has 0 amide bonds. The molecule has 0 radical (unpaired) electrons. The molecule has 0 aromatic heterocycles. The van der Waals surface area contributed by atoms with Gasteiger partial charge in [-0.1, -0.05) is 24.3 Å². The van der Waals surface area contributed by atoms with Crippen LogP contribution in [0.4, 0.5) is 0 Å². The second kappa shape index (κ2) is 8.03. The van der Waals surface area contributed by atoms with Gasteiger partial charge in [0.05, 0.1) is 6.61 Å². The molecule has 1 aliphatic rings. The first-order valence-corrected chi connectivity index (χ1v) is 7.74. The molecule has 0 bridgehead atoms. The Hall–Kier alpha value is -1.55. The summed E-state index contributed by atoms with van der Waals surface area (Å²) < 4.78 is 5.68. The Bertz CT molecular complexity index is 469. The van der Waals surface area contributed by atoms with Crippen molar-refractivity contribution < 1.29 is 4.74 Å². The standard InChI is InChI=1S/C17H27N3O/c1-14-6-4-5-7-16(14)12-19-17(18-2)20(3)10-11-21-13-15-8-9-15/h4-7,15H,8-13H2,1-3H3,(H,18,19). The Morgan fingerprint density at radius 1 is 1.38 bits per heavy atom. The first kappa shape index (κ1) is 15.8. The molecule has 0 spiro atoms. The van der Waals surface area contributed by atoms with Crippen LogP contribution < -0.4 is 5.32 Å². The summed E-state index contributed by atoms with van der Waals surface area (Å²) in [7, 11) is 3.87. The average molecular weight is 289 g/mol. The number of hydrogen-bond acceptors (Lipinski definition) is 2. The summed E-state index contributed by atoms with van der Waals surface area (Å²) in [5.74, 6) is 1.74. The summed E-state index contributed by atoms with van der Waals surface area (Å²) in [5, 5.41) is 3.41. The number of nitrogens with one attached hydrogen (secondary N) is 1. The predicted octanol–water partition coefficient (Wildman–Crippen LogP) is 2.43. The van der Waals surface area contributed by atoms with E-state index in [9.17, 15) is 0 Å². The predicted molar refractivity (Wildman–Crippen MR) is 87.6 cm³/mol. The largest absolute Gasteiger partial charge is 0.379 e. The van der Waals surface area contributed by atoms with Crippen LogP contribution in [0.1, 0.15) is 24.0 Å². The molecule has 1 aromatic carbocycles. The van der Waals surface area contributed by atoms with Crippen LogP contribution >= 0.6 is 0 Å². The van der Waals surface area contributed by atoms with Gasteiger partial charge >= 0.3 is 0 Å². The van der Waals surface area contributed by atoms with Gasteiger partial charge in [0.25, 0.3) is 0 Å². The van der Waals surface area contributed by atoms with Crippen LogP contribution in [-0.4, -0.2) is 44.7 Å². The van der Waals surface area contributed by atoms with E-state index in [1.807, 2.05) is 14.1 Å². The molecule has 1 saturated carbocycles. The SMILES string of the molecule is CN=C(NCc1ccccc1C)N(C)CCOCC1CC1. The maximum Gasteiger partial charge on any atom is 0.193 e. The molecule has 4 heteroatoms. The minimum atomic E-state index is 0.762. The Kier molecular flexibility index (Phi) is 6.05. The molecular formula is C17H27N3O. The molecule has 1 N–H and O–H groups in total. The van der Waals surface area contributed by atoms with Crippen molar-refractivity contribution in [2.75, 3.05) is 33.9 Å². The monoisotopic (exact) mass is 289 g/mol. The van der Waals surface area contributed by atoms with E-state index in [-0.39, 0.29) is 0 Å². The second-order valence-corrected chi connectivity index (χ2v) is 5.77. The lowest BCUT2D eigenvalue weighted by molar-refractivity contribution is 0.115. The molecule has 0 atom stereocenters. The topological polar surface area (TPSA) is 36.9 Å². The van der Waals surface area contributed by atoms with Gasteiger partial charge in [-0.05, 0) is 36.8 Å². The normalized spacial score (nSPS) is 15.1. The first-order valence-electron chi connectivity index (χ1n) is 7.74. The van der Waals surface area contributed by atoms with Crippen molar-refractivity contribution in [1.82, 2.24) is 10.2 Å². The van der Waals surface area contributed by atoms with Crippen molar-refractivity contribution in [3.05, 3.63) is 35.4 Å². The molecule has 1 aromatic rings. The zero-order valence-corrected chi connectivity index (χ0v) is 13.4. The lowest BCUT2D eigenvalue weighted by Gasteiger charge is -2.22. The van der Waals surface area contributed by atoms with Crippen molar-refractivity contribution in [3.63, 3.8) is 0 Å². The van der Waals surface area contributed by atoms with Crippen LogP contribution in [0.2, 0.25) is 0 Å². The number of aryl methyl sites for hydroxylation is 1. The highest BCUT2D eigenvalue weighted by atomic mass is 16.5. The number of guanidine groups is 1. The highest BCUT2D eigenvalue weighted by Crippen LogP contribution is 2.28. The Morgan fingerprint density at radius 3 is 2.81 bits per heavy atom. The van der Waals surface area contributed by atoms with Crippen LogP contribution in [0.25, 0.3) is 0 Å². The number of benzene rings is 1. The first-order chi connectivity index (χ1) is 10.2. The van der Waals surface area contributed by atoms with E-state index in [0.29, 0.717) is 0 Å². The fourth-order valence-corrected chi connectivity index (χ4v) is 2.21. The third-order valence-electron chi connectivity index (χ3n) is 3.89. The molecular weight excluding hydrogens is 262 g/mol. The number of aliphatic imine (C=N–C) groups is 1. The van der Waals surface area contributed by atoms with Crippen LogP contribution in [0.5, 0.6) is 0 Å². The number of nitrogens with zero attached hydrogens (tertiary/aromatic N) is 2. The summed E-state index contributed by atoms with van der Waals surface area (Å²) in [6, 6.07) is 8.42. The van der Waals surface area contributed by atoms with Gasteiger partial charge in [0.1, 0.15) is 0 Å². The third kappa shape index (κ3) is 5.38. The highest BCUT2D eigenvalue weighted by molar-refractivity contribution is 5.79. The summed E-state index contributed by atoms with van der Waals surface area (Å²) in [4.78, 5) is 6.45. The lowest BCUT2D eigenvalue weighted by atomic mass is 10.1. The molecule has 2 rings (SSSR count). The molecule has 116 valence electrons. The number of ether oxygens (including phenoxy) is 1. The lowest BCUT2D eigenvalue weighted by Crippen LogP contribution is -2.40. The molecule has 1 fully saturated rings. The van der Waals surface area contributed by atoms with E-state index in [2.05, 4.69) is 46.4 Å². The zero-order valence-electron chi connectivity index (χ0n) is 13.4. The molecule has 0 saturated heterocycles. The van der Waals surface area contributed by atoms with Crippen LogP contribution in [0, 0.1) is 12.8 Å². The Balaban J connectivity index is 1.72. The van der Waals surface area contributed by atoms with Gasteiger partial charge in [-0.15, -0.1) is 0 Å². The molecule has 0 heterocycles. The molecule has 0 aliphatic heterocycles.